The molecule has 3 rings (SSSR count). The van der Waals surface area contributed by atoms with Gasteiger partial charge in [-0.2, -0.15) is 0 Å². The van der Waals surface area contributed by atoms with Crippen molar-refractivity contribution in [3.8, 4) is 11.6 Å². The molecule has 3 N–H and O–H groups in total. The zero-order valence-corrected chi connectivity index (χ0v) is 18.7. The molecular formula is C17H24IN7OS. The number of rotatable bonds is 7. The minimum Gasteiger partial charge on any atom is -0.461 e. The van der Waals surface area contributed by atoms with Crippen molar-refractivity contribution in [2.75, 3.05) is 13.1 Å². The van der Waals surface area contributed by atoms with Gasteiger partial charge in [0.05, 0.1) is 17.0 Å². The van der Waals surface area contributed by atoms with Gasteiger partial charge in [0.25, 0.3) is 0 Å². The zero-order valence-electron chi connectivity index (χ0n) is 15.6. The Kier molecular flexibility index (Phi) is 8.23. The van der Waals surface area contributed by atoms with Crippen molar-refractivity contribution in [3.05, 3.63) is 39.8 Å². The van der Waals surface area contributed by atoms with Gasteiger partial charge in [-0.15, -0.1) is 40.4 Å². The highest BCUT2D eigenvalue weighted by atomic mass is 127. The Morgan fingerprint density at radius 3 is 2.81 bits per heavy atom. The van der Waals surface area contributed by atoms with E-state index in [4.69, 9.17) is 4.42 Å². The maximum Gasteiger partial charge on any atom is 0.216 e. The molecule has 3 heterocycles. The smallest absolute Gasteiger partial charge is 0.216 e. The van der Waals surface area contributed by atoms with E-state index in [9.17, 15) is 0 Å². The molecule has 146 valence electrons. The van der Waals surface area contributed by atoms with Crippen LogP contribution in [0.1, 0.15) is 28.3 Å². The summed E-state index contributed by atoms with van der Waals surface area (Å²) in [6.07, 6.45) is 2.47. The van der Waals surface area contributed by atoms with Crippen LogP contribution in [-0.4, -0.2) is 39.2 Å². The van der Waals surface area contributed by atoms with Crippen molar-refractivity contribution in [3.63, 3.8) is 0 Å². The lowest BCUT2D eigenvalue weighted by atomic mass is 10.4. The van der Waals surface area contributed by atoms with Gasteiger partial charge in [-0.25, -0.2) is 15.0 Å². The fourth-order valence-electron chi connectivity index (χ4n) is 2.31. The lowest BCUT2D eigenvalue weighted by Crippen LogP contribution is -2.38. The molecule has 10 heteroatoms. The van der Waals surface area contributed by atoms with Gasteiger partial charge >= 0.3 is 0 Å². The van der Waals surface area contributed by atoms with Crippen LogP contribution < -0.4 is 10.6 Å². The number of halogens is 1. The standard InChI is InChI=1S/C17H23N7OS.HI/c1-4-18-17(19-8-7-15-21-11(2)12(3)26-15)20-10-14-22-16(24-23-14)13-6-5-9-25-13;/h5-6,9H,4,7-8,10H2,1-3H3,(H2,18,19,20)(H,22,23,24);1H. The van der Waals surface area contributed by atoms with Gasteiger partial charge in [0.1, 0.15) is 12.4 Å². The average Bonchev–Trinajstić information content (AvgIpc) is 3.35. The van der Waals surface area contributed by atoms with Crippen molar-refractivity contribution in [1.29, 1.82) is 0 Å². The summed E-state index contributed by atoms with van der Waals surface area (Å²) in [7, 11) is 0. The minimum absolute atomic E-state index is 0. The van der Waals surface area contributed by atoms with E-state index in [0.29, 0.717) is 24.0 Å². The van der Waals surface area contributed by atoms with E-state index in [1.54, 1.807) is 17.6 Å². The van der Waals surface area contributed by atoms with Crippen molar-refractivity contribution >= 4 is 41.3 Å². The highest BCUT2D eigenvalue weighted by Crippen LogP contribution is 2.16. The maximum atomic E-state index is 5.29. The molecule has 0 bridgehead atoms. The van der Waals surface area contributed by atoms with E-state index in [-0.39, 0.29) is 24.0 Å². The third-order valence-corrected chi connectivity index (χ3v) is 4.84. The molecule has 0 spiro atoms. The van der Waals surface area contributed by atoms with Crippen LogP contribution in [0.2, 0.25) is 0 Å². The summed E-state index contributed by atoms with van der Waals surface area (Å²) >= 11 is 1.75. The van der Waals surface area contributed by atoms with Crippen LogP contribution in [0.4, 0.5) is 0 Å². The first-order chi connectivity index (χ1) is 12.7. The molecule has 3 aromatic rings. The highest BCUT2D eigenvalue weighted by molar-refractivity contribution is 14.0. The van der Waals surface area contributed by atoms with E-state index < -0.39 is 0 Å². The Labute approximate surface area is 179 Å². The van der Waals surface area contributed by atoms with Crippen LogP contribution in [0, 0.1) is 13.8 Å². The third-order valence-electron chi connectivity index (χ3n) is 3.71. The highest BCUT2D eigenvalue weighted by Gasteiger charge is 2.08. The van der Waals surface area contributed by atoms with Gasteiger partial charge in [0.15, 0.2) is 11.7 Å². The molecule has 0 aliphatic carbocycles. The fraction of sp³-hybridized carbons (Fsp3) is 0.412. The van der Waals surface area contributed by atoms with Gasteiger partial charge in [-0.05, 0) is 32.9 Å². The molecule has 0 aromatic carbocycles. The number of guanidine groups is 1. The van der Waals surface area contributed by atoms with E-state index in [0.717, 1.165) is 36.2 Å². The zero-order chi connectivity index (χ0) is 18.4. The molecule has 27 heavy (non-hydrogen) atoms. The van der Waals surface area contributed by atoms with Gasteiger partial charge in [0, 0.05) is 24.4 Å². The Balaban J connectivity index is 0.00000261. The van der Waals surface area contributed by atoms with Crippen LogP contribution in [-0.2, 0) is 13.0 Å². The molecule has 0 fully saturated rings. The van der Waals surface area contributed by atoms with Gasteiger partial charge in [0.2, 0.25) is 5.82 Å². The molecule has 0 aliphatic rings. The van der Waals surface area contributed by atoms with Crippen LogP contribution in [0.5, 0.6) is 0 Å². The molecule has 8 nitrogen and oxygen atoms in total. The summed E-state index contributed by atoms with van der Waals surface area (Å²) in [5.41, 5.74) is 1.11. The lowest BCUT2D eigenvalue weighted by Gasteiger charge is -2.10. The number of thiazole rings is 1. The summed E-state index contributed by atoms with van der Waals surface area (Å²) < 4.78 is 5.29. The first-order valence-corrected chi connectivity index (χ1v) is 9.37. The largest absolute Gasteiger partial charge is 0.461 e. The first-order valence-electron chi connectivity index (χ1n) is 8.56. The number of aromatic nitrogens is 4. The van der Waals surface area contributed by atoms with Crippen molar-refractivity contribution < 1.29 is 4.42 Å². The molecule has 0 saturated carbocycles. The average molecular weight is 501 g/mol. The Hall–Kier alpha value is -1.95. The summed E-state index contributed by atoms with van der Waals surface area (Å²) in [5, 5.41) is 14.7. The van der Waals surface area contributed by atoms with Crippen molar-refractivity contribution in [2.24, 2.45) is 4.99 Å². The van der Waals surface area contributed by atoms with Crippen molar-refractivity contribution in [2.45, 2.75) is 33.7 Å². The van der Waals surface area contributed by atoms with Crippen LogP contribution in [0.3, 0.4) is 0 Å². The number of aliphatic imine (C=N–C) groups is 1. The lowest BCUT2D eigenvalue weighted by molar-refractivity contribution is 0.577. The molecule has 0 unspecified atom stereocenters. The van der Waals surface area contributed by atoms with E-state index >= 15 is 0 Å². The first kappa shape index (κ1) is 21.4. The Morgan fingerprint density at radius 1 is 1.30 bits per heavy atom. The predicted molar refractivity (Wildman–Crippen MR) is 118 cm³/mol. The molecule has 0 atom stereocenters. The second-order valence-electron chi connectivity index (χ2n) is 5.70. The SMILES string of the molecule is CCNC(=NCc1nc(-c2ccco2)n[nH]1)NCCc1nc(C)c(C)s1.I. The summed E-state index contributed by atoms with van der Waals surface area (Å²) in [6.45, 7) is 8.14. The summed E-state index contributed by atoms with van der Waals surface area (Å²) in [6, 6.07) is 3.63. The number of aromatic amines is 1. The number of hydrogen-bond acceptors (Lipinski definition) is 6. The predicted octanol–water partition coefficient (Wildman–Crippen LogP) is 3.05. The normalized spacial score (nSPS) is 11.3. The maximum absolute atomic E-state index is 5.29. The second-order valence-corrected chi connectivity index (χ2v) is 6.99. The van der Waals surface area contributed by atoms with Crippen LogP contribution in [0.25, 0.3) is 11.6 Å². The molecule has 0 aliphatic heterocycles. The molecular weight excluding hydrogens is 477 g/mol. The van der Waals surface area contributed by atoms with E-state index in [1.165, 1.54) is 4.88 Å². The van der Waals surface area contributed by atoms with Gasteiger partial charge < -0.3 is 15.1 Å². The molecule has 0 radical (unpaired) electrons. The monoisotopic (exact) mass is 501 g/mol. The summed E-state index contributed by atoms with van der Waals surface area (Å²) in [4.78, 5) is 14.8. The number of nitrogens with one attached hydrogen (secondary N) is 3. The third kappa shape index (κ3) is 6.03. The summed E-state index contributed by atoms with van der Waals surface area (Å²) in [5.74, 6) is 2.59. The number of furan rings is 1. The van der Waals surface area contributed by atoms with E-state index in [2.05, 4.69) is 42.7 Å². The minimum atomic E-state index is 0. The van der Waals surface area contributed by atoms with Crippen LogP contribution in [0.15, 0.2) is 27.8 Å². The van der Waals surface area contributed by atoms with Crippen molar-refractivity contribution in [1.82, 2.24) is 30.8 Å². The quantitative estimate of drug-likeness (QED) is 0.261. The molecule has 0 saturated heterocycles. The number of aryl methyl sites for hydroxylation is 2. The Morgan fingerprint density at radius 2 is 2.15 bits per heavy atom. The van der Waals surface area contributed by atoms with Gasteiger partial charge in [-0.1, -0.05) is 0 Å². The fourth-order valence-corrected chi connectivity index (χ4v) is 3.25. The topological polar surface area (TPSA) is 104 Å². The number of nitrogens with zero attached hydrogens (tertiary/aromatic N) is 4. The van der Waals surface area contributed by atoms with Gasteiger partial charge in [-0.3, -0.25) is 5.10 Å². The molecule has 0 amide bonds. The van der Waals surface area contributed by atoms with E-state index in [1.807, 2.05) is 26.0 Å². The molecule has 3 aromatic heterocycles. The number of H-pyrrole nitrogens is 1. The second kappa shape index (κ2) is 10.4. The van der Waals surface area contributed by atoms with Crippen LogP contribution >= 0.6 is 35.3 Å². The Bertz CT molecular complexity index is 837. The number of hydrogen-bond donors (Lipinski definition) is 3.